The summed E-state index contributed by atoms with van der Waals surface area (Å²) in [5, 5.41) is 1.85. The number of thiophene rings is 1. The summed E-state index contributed by atoms with van der Waals surface area (Å²) >= 11 is 1.11. The Morgan fingerprint density at radius 3 is 2.57 bits per heavy atom. The second-order valence-electron chi connectivity index (χ2n) is 4.06. The molecule has 0 radical (unpaired) electrons. The summed E-state index contributed by atoms with van der Waals surface area (Å²) in [5.41, 5.74) is 6.19. The molecule has 0 amide bonds. The Labute approximate surface area is 126 Å². The predicted molar refractivity (Wildman–Crippen MR) is 81.9 cm³/mol. The van der Waals surface area contributed by atoms with Crippen molar-refractivity contribution in [2.45, 2.75) is 11.8 Å². The Morgan fingerprint density at radius 2 is 1.95 bits per heavy atom. The van der Waals surface area contributed by atoms with Gasteiger partial charge in [0.05, 0.1) is 17.1 Å². The molecular weight excluding hydrogens is 312 g/mol. The summed E-state index contributed by atoms with van der Waals surface area (Å²) in [5.74, 6) is -0.561. The van der Waals surface area contributed by atoms with Gasteiger partial charge in [0.1, 0.15) is 5.00 Å². The number of ether oxygens (including phenoxy) is 1. The lowest BCUT2D eigenvalue weighted by molar-refractivity contribution is 0.0528. The van der Waals surface area contributed by atoms with Crippen molar-refractivity contribution in [2.24, 2.45) is 0 Å². The molecule has 1 heterocycles. The summed E-state index contributed by atoms with van der Waals surface area (Å²) in [6, 6.07) is 7.30. The highest BCUT2D eigenvalue weighted by molar-refractivity contribution is 7.93. The first-order chi connectivity index (χ1) is 9.94. The monoisotopic (exact) mass is 326 g/mol. The molecule has 0 unspecified atom stereocenters. The van der Waals surface area contributed by atoms with E-state index in [1.165, 1.54) is 30.3 Å². The smallest absolute Gasteiger partial charge is 0.341 e. The number of nitrogens with one attached hydrogen (secondary N) is 1. The van der Waals surface area contributed by atoms with Crippen LogP contribution in [0.4, 0.5) is 10.7 Å². The van der Waals surface area contributed by atoms with Crippen LogP contribution in [-0.2, 0) is 14.8 Å². The van der Waals surface area contributed by atoms with Gasteiger partial charge in [0, 0.05) is 5.69 Å². The van der Waals surface area contributed by atoms with Crippen molar-refractivity contribution in [3.05, 3.63) is 41.3 Å². The van der Waals surface area contributed by atoms with Crippen LogP contribution < -0.4 is 10.5 Å². The zero-order chi connectivity index (χ0) is 15.5. The van der Waals surface area contributed by atoms with Crippen LogP contribution in [0, 0.1) is 0 Å². The van der Waals surface area contributed by atoms with Gasteiger partial charge in [-0.25, -0.2) is 13.2 Å². The molecule has 0 bridgehead atoms. The molecule has 2 aromatic rings. The van der Waals surface area contributed by atoms with Gasteiger partial charge in [-0.05, 0) is 42.6 Å². The number of esters is 1. The summed E-state index contributed by atoms with van der Waals surface area (Å²) in [4.78, 5) is 11.8. The minimum atomic E-state index is -3.77. The normalized spacial score (nSPS) is 11.1. The highest BCUT2D eigenvalue weighted by Crippen LogP contribution is 2.27. The third kappa shape index (κ3) is 3.53. The highest BCUT2D eigenvalue weighted by Gasteiger charge is 2.20. The average Bonchev–Trinajstić information content (AvgIpc) is 2.87. The number of nitrogens with two attached hydrogens (primary N) is 1. The molecular formula is C13H14N2O4S2. The Bertz CT molecular complexity index is 736. The number of hydrogen-bond donors (Lipinski definition) is 2. The predicted octanol–water partition coefficient (Wildman–Crippen LogP) is 2.31. The molecule has 8 heteroatoms. The maximum atomic E-state index is 12.2. The van der Waals surface area contributed by atoms with Crippen LogP contribution in [0.2, 0.25) is 0 Å². The minimum absolute atomic E-state index is 0.0694. The fourth-order valence-electron chi connectivity index (χ4n) is 1.59. The van der Waals surface area contributed by atoms with Gasteiger partial charge in [-0.15, -0.1) is 11.3 Å². The number of carbonyl (C=O) groups excluding carboxylic acids is 1. The first-order valence-electron chi connectivity index (χ1n) is 6.07. The van der Waals surface area contributed by atoms with Gasteiger partial charge in [0.15, 0.2) is 0 Å². The summed E-state index contributed by atoms with van der Waals surface area (Å²) < 4.78 is 31.8. The maximum absolute atomic E-state index is 12.2. The molecule has 1 aromatic carbocycles. The molecule has 0 fully saturated rings. The van der Waals surface area contributed by atoms with Gasteiger partial charge in [0.2, 0.25) is 0 Å². The molecule has 112 valence electrons. The molecule has 0 aliphatic rings. The van der Waals surface area contributed by atoms with E-state index >= 15 is 0 Å². The number of anilines is 2. The fourth-order valence-corrected chi connectivity index (χ4v) is 3.69. The molecule has 0 aliphatic heterocycles. The van der Waals surface area contributed by atoms with Gasteiger partial charge in [-0.1, -0.05) is 0 Å². The number of nitrogen functional groups attached to an aromatic ring is 1. The molecule has 6 nitrogen and oxygen atoms in total. The van der Waals surface area contributed by atoms with Crippen LogP contribution in [-0.4, -0.2) is 21.0 Å². The summed E-state index contributed by atoms with van der Waals surface area (Å²) in [6.07, 6.45) is 0. The van der Waals surface area contributed by atoms with Gasteiger partial charge >= 0.3 is 5.97 Å². The van der Waals surface area contributed by atoms with E-state index in [1.54, 1.807) is 12.3 Å². The molecule has 0 spiro atoms. The van der Waals surface area contributed by atoms with Crippen molar-refractivity contribution in [3.8, 4) is 0 Å². The Balaban J connectivity index is 2.27. The summed E-state index contributed by atoms with van der Waals surface area (Å²) in [7, 11) is -3.77. The number of rotatable bonds is 5. The SMILES string of the molecule is CCOC(=O)c1ccsc1NS(=O)(=O)c1ccc(N)cc1. The molecule has 1 aromatic heterocycles. The maximum Gasteiger partial charge on any atom is 0.341 e. The van der Waals surface area contributed by atoms with Crippen LogP contribution in [0.3, 0.4) is 0 Å². The number of sulfonamides is 1. The van der Waals surface area contributed by atoms with Crippen molar-refractivity contribution >= 4 is 38.0 Å². The number of carbonyl (C=O) groups is 1. The van der Waals surface area contributed by atoms with E-state index in [0.717, 1.165) is 11.3 Å². The molecule has 0 aliphatic carbocycles. The number of benzene rings is 1. The van der Waals surface area contributed by atoms with E-state index in [4.69, 9.17) is 10.5 Å². The van der Waals surface area contributed by atoms with Crippen molar-refractivity contribution in [1.82, 2.24) is 0 Å². The van der Waals surface area contributed by atoms with Crippen molar-refractivity contribution in [2.75, 3.05) is 17.1 Å². The molecule has 0 saturated heterocycles. The molecule has 0 atom stereocenters. The zero-order valence-corrected chi connectivity index (χ0v) is 12.8. The standard InChI is InChI=1S/C13H14N2O4S2/c1-2-19-13(16)11-7-8-20-12(11)15-21(17,18)10-5-3-9(14)4-6-10/h3-8,15H,2,14H2,1H3. The fraction of sp³-hybridized carbons (Fsp3) is 0.154. The molecule has 3 N–H and O–H groups in total. The topological polar surface area (TPSA) is 98.5 Å². The van der Waals surface area contributed by atoms with Crippen molar-refractivity contribution in [3.63, 3.8) is 0 Å². The molecule has 21 heavy (non-hydrogen) atoms. The highest BCUT2D eigenvalue weighted by atomic mass is 32.2. The van der Waals surface area contributed by atoms with E-state index in [1.807, 2.05) is 0 Å². The second-order valence-corrected chi connectivity index (χ2v) is 6.66. The number of hydrogen-bond acceptors (Lipinski definition) is 6. The third-order valence-corrected chi connectivity index (χ3v) is 4.90. The Kier molecular flexibility index (Phi) is 4.49. The first-order valence-corrected chi connectivity index (χ1v) is 8.43. The van der Waals surface area contributed by atoms with Crippen molar-refractivity contribution in [1.29, 1.82) is 0 Å². The lowest BCUT2D eigenvalue weighted by Crippen LogP contribution is -2.15. The van der Waals surface area contributed by atoms with Crippen LogP contribution in [0.15, 0.2) is 40.6 Å². The third-order valence-electron chi connectivity index (χ3n) is 2.58. The Morgan fingerprint density at radius 1 is 1.29 bits per heavy atom. The second kappa shape index (κ2) is 6.15. The molecule has 2 rings (SSSR count). The lowest BCUT2D eigenvalue weighted by atomic mass is 10.3. The minimum Gasteiger partial charge on any atom is -0.462 e. The Hall–Kier alpha value is -2.06. The van der Waals surface area contributed by atoms with E-state index in [2.05, 4.69) is 4.72 Å². The van der Waals surface area contributed by atoms with Crippen LogP contribution in [0.25, 0.3) is 0 Å². The van der Waals surface area contributed by atoms with Gasteiger partial charge in [-0.2, -0.15) is 0 Å². The van der Waals surface area contributed by atoms with E-state index < -0.39 is 16.0 Å². The van der Waals surface area contributed by atoms with Crippen LogP contribution in [0.5, 0.6) is 0 Å². The first kappa shape index (κ1) is 15.3. The van der Waals surface area contributed by atoms with Gasteiger partial charge in [0.25, 0.3) is 10.0 Å². The van der Waals surface area contributed by atoms with Crippen molar-refractivity contribution < 1.29 is 17.9 Å². The van der Waals surface area contributed by atoms with Crippen LogP contribution >= 0.6 is 11.3 Å². The van der Waals surface area contributed by atoms with Crippen LogP contribution in [0.1, 0.15) is 17.3 Å². The van der Waals surface area contributed by atoms with E-state index in [9.17, 15) is 13.2 Å². The average molecular weight is 326 g/mol. The zero-order valence-electron chi connectivity index (χ0n) is 11.2. The largest absolute Gasteiger partial charge is 0.462 e. The van der Waals surface area contributed by atoms with E-state index in [0.29, 0.717) is 5.69 Å². The van der Waals surface area contributed by atoms with E-state index in [-0.39, 0.29) is 22.1 Å². The van der Waals surface area contributed by atoms with Gasteiger partial charge < -0.3 is 10.5 Å². The summed E-state index contributed by atoms with van der Waals surface area (Å²) in [6.45, 7) is 1.90. The lowest BCUT2D eigenvalue weighted by Gasteiger charge is -2.08. The molecule has 0 saturated carbocycles. The van der Waals surface area contributed by atoms with Gasteiger partial charge in [-0.3, -0.25) is 4.72 Å². The quantitative estimate of drug-likeness (QED) is 0.649.